The van der Waals surface area contributed by atoms with Gasteiger partial charge in [0.2, 0.25) is 0 Å². The van der Waals surface area contributed by atoms with Gasteiger partial charge in [0.25, 0.3) is 5.91 Å². The van der Waals surface area contributed by atoms with Gasteiger partial charge in [-0.3, -0.25) is 9.59 Å². The number of hydrogen-bond donors (Lipinski definition) is 3. The van der Waals surface area contributed by atoms with E-state index in [1.807, 2.05) is 44.2 Å². The first-order valence-corrected chi connectivity index (χ1v) is 9.43. The number of hydrogen-bond acceptors (Lipinski definition) is 4. The van der Waals surface area contributed by atoms with Gasteiger partial charge in [0.1, 0.15) is 0 Å². The highest BCUT2D eigenvalue weighted by molar-refractivity contribution is 5.96. The minimum atomic E-state index is -0.563. The Hall–Kier alpha value is -3.35. The molecule has 2 atom stereocenters. The number of benzene rings is 2. The number of amides is 3. The lowest BCUT2D eigenvalue weighted by Gasteiger charge is -2.24. The number of ether oxygens (including phenoxy) is 1. The molecule has 0 aliphatic heterocycles. The van der Waals surface area contributed by atoms with Crippen LogP contribution in [0.5, 0.6) is 0 Å². The van der Waals surface area contributed by atoms with E-state index in [9.17, 15) is 14.4 Å². The lowest BCUT2D eigenvalue weighted by atomic mass is 9.94. The van der Waals surface area contributed by atoms with Crippen molar-refractivity contribution in [2.45, 2.75) is 32.9 Å². The second-order valence-electron chi connectivity index (χ2n) is 7.00. The number of methoxy groups -OCH3 is 1. The van der Waals surface area contributed by atoms with Crippen molar-refractivity contribution in [2.24, 2.45) is 5.92 Å². The van der Waals surface area contributed by atoms with Gasteiger partial charge in [-0.05, 0) is 50.6 Å². The van der Waals surface area contributed by atoms with Crippen LogP contribution in [0.4, 0.5) is 10.5 Å². The van der Waals surface area contributed by atoms with E-state index < -0.39 is 17.9 Å². The van der Waals surface area contributed by atoms with Crippen molar-refractivity contribution in [1.82, 2.24) is 10.6 Å². The van der Waals surface area contributed by atoms with Gasteiger partial charge in [-0.15, -0.1) is 0 Å². The summed E-state index contributed by atoms with van der Waals surface area (Å²) in [6.07, 6.45) is 0. The topological polar surface area (TPSA) is 96.5 Å². The van der Waals surface area contributed by atoms with Gasteiger partial charge in [0, 0.05) is 17.3 Å². The first-order chi connectivity index (χ1) is 13.8. The molecule has 0 saturated heterocycles. The molecule has 7 nitrogen and oxygen atoms in total. The second-order valence-corrected chi connectivity index (χ2v) is 7.00. The molecule has 0 bridgehead atoms. The standard InChI is InChI=1S/C22H27N3O4/c1-14(2)23-22(28)24-18-12-10-17(11-13-18)20(26)25-19(15(3)21(27)29-4)16-8-6-5-7-9-16/h5-15,19H,1-4H3,(H,25,26)(H2,23,24,28)/t15-,19+/m0/s1. The number of carbonyl (C=O) groups is 3. The zero-order chi connectivity index (χ0) is 21.4. The number of nitrogens with one attached hydrogen (secondary N) is 3. The number of esters is 1. The zero-order valence-electron chi connectivity index (χ0n) is 17.1. The summed E-state index contributed by atoms with van der Waals surface area (Å²) in [4.78, 5) is 36.6. The van der Waals surface area contributed by atoms with Gasteiger partial charge in [0.15, 0.2) is 0 Å². The second kappa shape index (κ2) is 10.3. The number of carbonyl (C=O) groups excluding carboxylic acids is 3. The van der Waals surface area contributed by atoms with E-state index in [4.69, 9.17) is 4.74 Å². The van der Waals surface area contributed by atoms with Crippen LogP contribution in [0.25, 0.3) is 0 Å². The predicted molar refractivity (Wildman–Crippen MR) is 112 cm³/mol. The van der Waals surface area contributed by atoms with Crippen LogP contribution in [0, 0.1) is 5.92 Å². The predicted octanol–water partition coefficient (Wildman–Crippen LogP) is 3.50. The van der Waals surface area contributed by atoms with Crippen molar-refractivity contribution in [3.63, 3.8) is 0 Å². The van der Waals surface area contributed by atoms with E-state index in [0.29, 0.717) is 11.3 Å². The molecule has 0 aromatic heterocycles. The van der Waals surface area contributed by atoms with Gasteiger partial charge in [-0.2, -0.15) is 0 Å². The summed E-state index contributed by atoms with van der Waals surface area (Å²) in [6.45, 7) is 5.45. The fraction of sp³-hybridized carbons (Fsp3) is 0.318. The van der Waals surface area contributed by atoms with Gasteiger partial charge in [-0.1, -0.05) is 30.3 Å². The maximum atomic E-state index is 12.8. The van der Waals surface area contributed by atoms with Crippen molar-refractivity contribution in [2.75, 3.05) is 12.4 Å². The summed E-state index contributed by atoms with van der Waals surface area (Å²) in [6, 6.07) is 15.0. The number of rotatable bonds is 7. The van der Waals surface area contributed by atoms with E-state index in [2.05, 4.69) is 16.0 Å². The molecule has 0 aliphatic rings. The Labute approximate surface area is 170 Å². The van der Waals surface area contributed by atoms with Gasteiger partial charge in [-0.25, -0.2) is 4.79 Å². The van der Waals surface area contributed by atoms with E-state index in [0.717, 1.165) is 5.56 Å². The van der Waals surface area contributed by atoms with Crippen molar-refractivity contribution in [1.29, 1.82) is 0 Å². The average molecular weight is 397 g/mol. The SMILES string of the molecule is COC(=O)[C@@H](C)[C@@H](NC(=O)c1ccc(NC(=O)NC(C)C)cc1)c1ccccc1. The van der Waals surface area contributed by atoms with Crippen molar-refractivity contribution in [3.8, 4) is 0 Å². The van der Waals surface area contributed by atoms with Gasteiger partial charge in [0.05, 0.1) is 19.1 Å². The van der Waals surface area contributed by atoms with Crippen molar-refractivity contribution >= 4 is 23.6 Å². The zero-order valence-corrected chi connectivity index (χ0v) is 17.1. The molecule has 2 rings (SSSR count). The van der Waals surface area contributed by atoms with Gasteiger partial charge < -0.3 is 20.7 Å². The molecular weight excluding hydrogens is 370 g/mol. The fourth-order valence-electron chi connectivity index (χ4n) is 2.84. The molecule has 154 valence electrons. The van der Waals surface area contributed by atoms with Crippen LogP contribution >= 0.6 is 0 Å². The summed E-state index contributed by atoms with van der Waals surface area (Å²) in [5.41, 5.74) is 1.79. The van der Waals surface area contributed by atoms with Crippen molar-refractivity contribution in [3.05, 3.63) is 65.7 Å². The van der Waals surface area contributed by atoms with E-state index >= 15 is 0 Å². The fourth-order valence-corrected chi connectivity index (χ4v) is 2.84. The van der Waals surface area contributed by atoms with Crippen LogP contribution < -0.4 is 16.0 Å². The highest BCUT2D eigenvalue weighted by atomic mass is 16.5. The smallest absolute Gasteiger partial charge is 0.319 e. The maximum absolute atomic E-state index is 12.8. The Bertz CT molecular complexity index is 835. The molecule has 0 radical (unpaired) electrons. The Kier molecular flexibility index (Phi) is 7.77. The lowest BCUT2D eigenvalue weighted by Crippen LogP contribution is -2.36. The minimum absolute atomic E-state index is 0.0202. The summed E-state index contributed by atoms with van der Waals surface area (Å²) in [7, 11) is 1.32. The van der Waals surface area contributed by atoms with Crippen LogP contribution in [0.1, 0.15) is 42.7 Å². The van der Waals surface area contributed by atoms with Crippen LogP contribution in [0.2, 0.25) is 0 Å². The van der Waals surface area contributed by atoms with E-state index in [1.54, 1.807) is 31.2 Å². The van der Waals surface area contributed by atoms with Crippen LogP contribution in [0.3, 0.4) is 0 Å². The first kappa shape index (κ1) is 21.9. The highest BCUT2D eigenvalue weighted by Crippen LogP contribution is 2.24. The molecule has 0 spiro atoms. The quantitative estimate of drug-likeness (QED) is 0.623. The third-order valence-corrected chi connectivity index (χ3v) is 4.34. The molecule has 0 heterocycles. The average Bonchev–Trinajstić information content (AvgIpc) is 2.71. The Morgan fingerprint density at radius 2 is 1.48 bits per heavy atom. The minimum Gasteiger partial charge on any atom is -0.469 e. The molecule has 29 heavy (non-hydrogen) atoms. The van der Waals surface area contributed by atoms with E-state index in [-0.39, 0.29) is 18.0 Å². The summed E-state index contributed by atoms with van der Waals surface area (Å²) in [5.74, 6) is -1.30. The number of urea groups is 1. The molecular formula is C22H27N3O4. The third kappa shape index (κ3) is 6.34. The first-order valence-electron chi connectivity index (χ1n) is 9.43. The largest absolute Gasteiger partial charge is 0.469 e. The van der Waals surface area contributed by atoms with Crippen molar-refractivity contribution < 1.29 is 19.1 Å². The Morgan fingerprint density at radius 1 is 0.862 bits per heavy atom. The monoisotopic (exact) mass is 397 g/mol. The molecule has 3 N–H and O–H groups in total. The molecule has 2 aromatic rings. The molecule has 3 amide bonds. The number of anilines is 1. The lowest BCUT2D eigenvalue weighted by molar-refractivity contribution is -0.145. The summed E-state index contributed by atoms with van der Waals surface area (Å²) >= 11 is 0. The molecule has 7 heteroatoms. The maximum Gasteiger partial charge on any atom is 0.319 e. The summed E-state index contributed by atoms with van der Waals surface area (Å²) < 4.78 is 4.85. The highest BCUT2D eigenvalue weighted by Gasteiger charge is 2.28. The molecule has 2 aromatic carbocycles. The van der Waals surface area contributed by atoms with Gasteiger partial charge >= 0.3 is 12.0 Å². The molecule has 0 unspecified atom stereocenters. The molecule has 0 aliphatic carbocycles. The Balaban J connectivity index is 2.12. The van der Waals surface area contributed by atoms with Crippen LogP contribution in [-0.4, -0.2) is 31.1 Å². The third-order valence-electron chi connectivity index (χ3n) is 4.34. The molecule has 0 saturated carbocycles. The van der Waals surface area contributed by atoms with Crippen LogP contribution in [-0.2, 0) is 9.53 Å². The van der Waals surface area contributed by atoms with E-state index in [1.165, 1.54) is 7.11 Å². The summed E-state index contributed by atoms with van der Waals surface area (Å²) in [5, 5.41) is 8.34. The van der Waals surface area contributed by atoms with Crippen LogP contribution in [0.15, 0.2) is 54.6 Å². The molecule has 0 fully saturated rings. The Morgan fingerprint density at radius 3 is 2.03 bits per heavy atom. The normalized spacial score (nSPS) is 12.6.